The van der Waals surface area contributed by atoms with Crippen LogP contribution in [0.1, 0.15) is 29.8 Å². The summed E-state index contributed by atoms with van der Waals surface area (Å²) in [4.78, 5) is 15.9. The summed E-state index contributed by atoms with van der Waals surface area (Å²) in [5, 5.41) is 0.618. The Labute approximate surface area is 146 Å². The van der Waals surface area contributed by atoms with Crippen molar-refractivity contribution >= 4 is 11.6 Å². The normalized spacial score (nSPS) is 15.2. The number of benzene rings is 1. The van der Waals surface area contributed by atoms with Crippen LogP contribution >= 0.6 is 11.6 Å². The van der Waals surface area contributed by atoms with Gasteiger partial charge in [-0.25, -0.2) is 0 Å². The van der Waals surface area contributed by atoms with Gasteiger partial charge >= 0.3 is 0 Å². The highest BCUT2D eigenvalue weighted by Crippen LogP contribution is 2.33. The van der Waals surface area contributed by atoms with Crippen LogP contribution < -0.4 is 0 Å². The van der Waals surface area contributed by atoms with Gasteiger partial charge in [0.1, 0.15) is 5.69 Å². The second kappa shape index (κ2) is 6.30. The molecule has 0 saturated carbocycles. The number of nitrogens with zero attached hydrogens (tertiary/aromatic N) is 4. The van der Waals surface area contributed by atoms with Crippen LogP contribution in [0.4, 0.5) is 0 Å². The van der Waals surface area contributed by atoms with Gasteiger partial charge in [-0.05, 0) is 30.2 Å². The molecule has 0 N–H and O–H groups in total. The SMILES string of the molecule is C[C@H](c1nccnc1-c1ccc(Cl)cn1)N1Cc2ccccc2C1. The maximum absolute atomic E-state index is 5.95. The molecule has 3 aromatic rings. The Morgan fingerprint density at radius 2 is 1.67 bits per heavy atom. The van der Waals surface area contributed by atoms with Gasteiger partial charge in [-0.3, -0.25) is 19.9 Å². The van der Waals surface area contributed by atoms with Gasteiger partial charge in [0.05, 0.1) is 22.5 Å². The minimum atomic E-state index is 0.151. The van der Waals surface area contributed by atoms with Gasteiger partial charge in [0.25, 0.3) is 0 Å². The van der Waals surface area contributed by atoms with Gasteiger partial charge in [0, 0.05) is 31.7 Å². The fourth-order valence-corrected chi connectivity index (χ4v) is 3.29. The van der Waals surface area contributed by atoms with E-state index in [1.165, 1.54) is 11.1 Å². The Hall–Kier alpha value is -2.30. The minimum Gasteiger partial charge on any atom is -0.286 e. The molecule has 1 atom stereocenters. The zero-order valence-corrected chi connectivity index (χ0v) is 14.1. The molecule has 5 heteroatoms. The van der Waals surface area contributed by atoms with E-state index in [0.717, 1.165) is 30.2 Å². The largest absolute Gasteiger partial charge is 0.286 e. The second-order valence-electron chi connectivity index (χ2n) is 6.00. The van der Waals surface area contributed by atoms with Crippen LogP contribution in [0.5, 0.6) is 0 Å². The lowest BCUT2D eigenvalue weighted by Gasteiger charge is -2.24. The van der Waals surface area contributed by atoms with Crippen molar-refractivity contribution in [1.29, 1.82) is 0 Å². The third-order valence-corrected chi connectivity index (χ3v) is 4.73. The molecule has 2 aromatic heterocycles. The maximum Gasteiger partial charge on any atom is 0.112 e. The molecular weight excluding hydrogens is 320 g/mol. The summed E-state index contributed by atoms with van der Waals surface area (Å²) in [5.41, 5.74) is 5.34. The molecule has 0 spiro atoms. The number of fused-ring (bicyclic) bond motifs is 1. The van der Waals surface area contributed by atoms with Crippen molar-refractivity contribution < 1.29 is 0 Å². The van der Waals surface area contributed by atoms with E-state index in [0.29, 0.717) is 5.02 Å². The van der Waals surface area contributed by atoms with E-state index >= 15 is 0 Å². The molecule has 0 saturated heterocycles. The lowest BCUT2D eigenvalue weighted by atomic mass is 10.1. The highest BCUT2D eigenvalue weighted by Gasteiger charge is 2.27. The Morgan fingerprint density at radius 3 is 2.33 bits per heavy atom. The molecule has 1 aliphatic rings. The first kappa shape index (κ1) is 15.2. The third-order valence-electron chi connectivity index (χ3n) is 4.51. The van der Waals surface area contributed by atoms with Gasteiger partial charge in [-0.2, -0.15) is 0 Å². The summed E-state index contributed by atoms with van der Waals surface area (Å²) in [6.07, 6.45) is 5.10. The fourth-order valence-electron chi connectivity index (χ4n) is 3.17. The Kier molecular flexibility index (Phi) is 4.00. The van der Waals surface area contributed by atoms with Crippen LogP contribution in [0.15, 0.2) is 55.0 Å². The Bertz CT molecular complexity index is 838. The molecule has 3 heterocycles. The van der Waals surface area contributed by atoms with E-state index in [1.807, 2.05) is 12.1 Å². The van der Waals surface area contributed by atoms with Crippen LogP contribution in [0, 0.1) is 0 Å². The number of rotatable bonds is 3. The summed E-state index contributed by atoms with van der Waals surface area (Å²) in [6, 6.07) is 12.5. The second-order valence-corrected chi connectivity index (χ2v) is 6.44. The lowest BCUT2D eigenvalue weighted by Crippen LogP contribution is -2.22. The number of pyridine rings is 1. The minimum absolute atomic E-state index is 0.151. The fraction of sp³-hybridized carbons (Fsp3) is 0.211. The molecule has 4 rings (SSSR count). The first-order valence-corrected chi connectivity index (χ1v) is 8.34. The molecule has 120 valence electrons. The van der Waals surface area contributed by atoms with Gasteiger partial charge in [0.15, 0.2) is 0 Å². The van der Waals surface area contributed by atoms with Crippen molar-refractivity contribution in [2.24, 2.45) is 0 Å². The van der Waals surface area contributed by atoms with Gasteiger partial charge in [-0.15, -0.1) is 0 Å². The van der Waals surface area contributed by atoms with Gasteiger partial charge < -0.3 is 0 Å². The van der Waals surface area contributed by atoms with Crippen LogP contribution in [0.3, 0.4) is 0 Å². The number of hydrogen-bond acceptors (Lipinski definition) is 4. The zero-order valence-electron chi connectivity index (χ0n) is 13.4. The van der Waals surface area contributed by atoms with Gasteiger partial charge in [0.2, 0.25) is 0 Å². The monoisotopic (exact) mass is 336 g/mol. The average molecular weight is 337 g/mol. The third kappa shape index (κ3) is 2.79. The Morgan fingerprint density at radius 1 is 0.958 bits per heavy atom. The first-order chi connectivity index (χ1) is 11.7. The number of hydrogen-bond donors (Lipinski definition) is 0. The smallest absolute Gasteiger partial charge is 0.112 e. The van der Waals surface area contributed by atoms with Crippen molar-refractivity contribution in [1.82, 2.24) is 19.9 Å². The maximum atomic E-state index is 5.95. The van der Waals surface area contributed by atoms with E-state index in [4.69, 9.17) is 11.6 Å². The van der Waals surface area contributed by atoms with E-state index in [1.54, 1.807) is 18.6 Å². The first-order valence-electron chi connectivity index (χ1n) is 7.96. The highest BCUT2D eigenvalue weighted by molar-refractivity contribution is 6.30. The van der Waals surface area contributed by atoms with Crippen LogP contribution in [0.25, 0.3) is 11.4 Å². The Balaban J connectivity index is 1.66. The lowest BCUT2D eigenvalue weighted by molar-refractivity contribution is 0.211. The standard InChI is InChI=1S/C19H17ClN4/c1-13(24-11-14-4-2-3-5-15(14)12-24)18-19(22-9-8-21-18)17-7-6-16(20)10-23-17/h2-10,13H,11-12H2,1H3/t13-/m1/s1. The molecule has 0 amide bonds. The van der Waals surface area contributed by atoms with E-state index in [2.05, 4.69) is 51.0 Å². The van der Waals surface area contributed by atoms with Crippen LogP contribution in [0.2, 0.25) is 5.02 Å². The predicted molar refractivity (Wildman–Crippen MR) is 94.4 cm³/mol. The van der Waals surface area contributed by atoms with Crippen molar-refractivity contribution in [3.8, 4) is 11.4 Å². The van der Waals surface area contributed by atoms with Crippen molar-refractivity contribution in [2.75, 3.05) is 0 Å². The quantitative estimate of drug-likeness (QED) is 0.716. The molecule has 0 radical (unpaired) electrons. The van der Waals surface area contributed by atoms with Crippen LogP contribution in [-0.4, -0.2) is 19.9 Å². The zero-order chi connectivity index (χ0) is 16.5. The van der Waals surface area contributed by atoms with Gasteiger partial charge in [-0.1, -0.05) is 35.9 Å². The molecule has 24 heavy (non-hydrogen) atoms. The average Bonchev–Trinajstić information content (AvgIpc) is 3.06. The molecule has 0 fully saturated rings. The number of aromatic nitrogens is 3. The molecule has 1 aromatic carbocycles. The summed E-state index contributed by atoms with van der Waals surface area (Å²) in [5.74, 6) is 0. The van der Waals surface area contributed by atoms with Crippen LogP contribution in [-0.2, 0) is 13.1 Å². The molecule has 4 nitrogen and oxygen atoms in total. The van der Waals surface area contributed by atoms with E-state index in [-0.39, 0.29) is 6.04 Å². The van der Waals surface area contributed by atoms with E-state index in [9.17, 15) is 0 Å². The predicted octanol–water partition coefficient (Wildman–Crippen LogP) is 4.27. The topological polar surface area (TPSA) is 41.9 Å². The highest BCUT2D eigenvalue weighted by atomic mass is 35.5. The van der Waals surface area contributed by atoms with E-state index < -0.39 is 0 Å². The van der Waals surface area contributed by atoms with Crippen molar-refractivity contribution in [2.45, 2.75) is 26.1 Å². The summed E-state index contributed by atoms with van der Waals surface area (Å²) >= 11 is 5.95. The summed E-state index contributed by atoms with van der Waals surface area (Å²) in [6.45, 7) is 4.04. The molecule has 0 aliphatic carbocycles. The van der Waals surface area contributed by atoms with Crippen molar-refractivity contribution in [3.05, 3.63) is 76.8 Å². The molecule has 1 aliphatic heterocycles. The molecule has 0 unspecified atom stereocenters. The van der Waals surface area contributed by atoms with Crippen molar-refractivity contribution in [3.63, 3.8) is 0 Å². The summed E-state index contributed by atoms with van der Waals surface area (Å²) < 4.78 is 0. The summed E-state index contributed by atoms with van der Waals surface area (Å²) in [7, 11) is 0. The number of halogens is 1. The molecule has 0 bridgehead atoms. The molecular formula is C19H17ClN4.